The van der Waals surface area contributed by atoms with Gasteiger partial charge in [-0.1, -0.05) is 24.3 Å². The van der Waals surface area contributed by atoms with E-state index in [0.717, 1.165) is 63.3 Å². The average molecular weight is 411 g/mol. The lowest BCUT2D eigenvalue weighted by atomic mass is 10.1. The Morgan fingerprint density at radius 1 is 1.03 bits per heavy atom. The van der Waals surface area contributed by atoms with Gasteiger partial charge < -0.3 is 29.7 Å². The fourth-order valence-corrected chi connectivity index (χ4v) is 3.68. The highest BCUT2D eigenvalue weighted by Gasteiger charge is 2.15. The van der Waals surface area contributed by atoms with Crippen molar-refractivity contribution in [2.24, 2.45) is 4.99 Å². The maximum absolute atomic E-state index is 5.49. The standard InChI is InChI=1S/C23H30N4O3/c1-2-24-23(25-10-9-18-7-8-21-22(15-18)30-17-29-21)26-16-19-5-3-4-6-20(19)27-11-13-28-14-12-27/h3-8,15H,2,9-14,16-17H2,1H3,(H2,24,25,26). The number of guanidine groups is 1. The summed E-state index contributed by atoms with van der Waals surface area (Å²) in [5.41, 5.74) is 3.69. The Bertz CT molecular complexity index is 865. The van der Waals surface area contributed by atoms with Crippen molar-refractivity contribution in [2.45, 2.75) is 19.9 Å². The normalized spacial score (nSPS) is 15.9. The van der Waals surface area contributed by atoms with Crippen LogP contribution >= 0.6 is 0 Å². The molecule has 0 bridgehead atoms. The van der Waals surface area contributed by atoms with E-state index in [9.17, 15) is 0 Å². The Kier molecular flexibility index (Phi) is 6.92. The predicted octanol–water partition coefficient (Wildman–Crippen LogP) is 2.55. The summed E-state index contributed by atoms with van der Waals surface area (Å²) in [6, 6.07) is 14.6. The van der Waals surface area contributed by atoms with Gasteiger partial charge in [0, 0.05) is 31.9 Å². The summed E-state index contributed by atoms with van der Waals surface area (Å²) >= 11 is 0. The van der Waals surface area contributed by atoms with Gasteiger partial charge in [0.15, 0.2) is 17.5 Å². The number of morpholine rings is 1. The van der Waals surface area contributed by atoms with Crippen molar-refractivity contribution >= 4 is 11.6 Å². The third-order valence-corrected chi connectivity index (χ3v) is 5.24. The molecule has 7 heteroatoms. The molecule has 160 valence electrons. The summed E-state index contributed by atoms with van der Waals surface area (Å²) < 4.78 is 16.3. The molecule has 0 unspecified atom stereocenters. The second-order valence-electron chi connectivity index (χ2n) is 7.29. The molecule has 2 aliphatic heterocycles. The number of hydrogen-bond acceptors (Lipinski definition) is 5. The molecule has 0 spiro atoms. The van der Waals surface area contributed by atoms with Gasteiger partial charge in [-0.15, -0.1) is 0 Å². The lowest BCUT2D eigenvalue weighted by molar-refractivity contribution is 0.122. The monoisotopic (exact) mass is 410 g/mol. The van der Waals surface area contributed by atoms with Gasteiger partial charge >= 0.3 is 0 Å². The van der Waals surface area contributed by atoms with Crippen molar-refractivity contribution in [3.8, 4) is 11.5 Å². The summed E-state index contributed by atoms with van der Waals surface area (Å²) in [6.07, 6.45) is 0.880. The smallest absolute Gasteiger partial charge is 0.231 e. The van der Waals surface area contributed by atoms with Crippen molar-refractivity contribution in [3.63, 3.8) is 0 Å². The Morgan fingerprint density at radius 2 is 1.87 bits per heavy atom. The van der Waals surface area contributed by atoms with Crippen LogP contribution in [0, 0.1) is 0 Å². The molecule has 2 aliphatic rings. The molecule has 1 saturated heterocycles. The molecule has 0 aromatic heterocycles. The molecule has 2 heterocycles. The number of para-hydroxylation sites is 1. The van der Waals surface area contributed by atoms with Crippen LogP contribution in [0.2, 0.25) is 0 Å². The Labute approximate surface area is 178 Å². The number of rotatable bonds is 7. The van der Waals surface area contributed by atoms with Gasteiger partial charge in [0.25, 0.3) is 0 Å². The van der Waals surface area contributed by atoms with Gasteiger partial charge in [-0.3, -0.25) is 0 Å². The lowest BCUT2D eigenvalue weighted by Crippen LogP contribution is -2.38. The summed E-state index contributed by atoms with van der Waals surface area (Å²) in [4.78, 5) is 7.20. The van der Waals surface area contributed by atoms with E-state index < -0.39 is 0 Å². The first kappa shape index (κ1) is 20.3. The average Bonchev–Trinajstić information content (AvgIpc) is 3.26. The summed E-state index contributed by atoms with van der Waals surface area (Å²) in [7, 11) is 0. The molecule has 0 saturated carbocycles. The zero-order chi connectivity index (χ0) is 20.6. The second-order valence-corrected chi connectivity index (χ2v) is 7.29. The van der Waals surface area contributed by atoms with Crippen LogP contribution in [0.15, 0.2) is 47.5 Å². The Balaban J connectivity index is 1.36. The molecule has 2 aromatic rings. The fourth-order valence-electron chi connectivity index (χ4n) is 3.68. The van der Waals surface area contributed by atoms with Crippen LogP contribution in [0.1, 0.15) is 18.1 Å². The molecule has 0 atom stereocenters. The van der Waals surface area contributed by atoms with Crippen molar-refractivity contribution in [1.82, 2.24) is 10.6 Å². The van der Waals surface area contributed by atoms with Gasteiger partial charge in [-0.05, 0) is 42.7 Å². The first-order valence-electron chi connectivity index (χ1n) is 10.6. The van der Waals surface area contributed by atoms with Gasteiger partial charge in [0.2, 0.25) is 6.79 Å². The molecular weight excluding hydrogens is 380 g/mol. The number of fused-ring (bicyclic) bond motifs is 1. The van der Waals surface area contributed by atoms with Crippen LogP contribution in [0.5, 0.6) is 11.5 Å². The van der Waals surface area contributed by atoms with Crippen molar-refractivity contribution in [1.29, 1.82) is 0 Å². The molecule has 0 amide bonds. The number of hydrogen-bond donors (Lipinski definition) is 2. The van der Waals surface area contributed by atoms with Gasteiger partial charge in [-0.25, -0.2) is 4.99 Å². The van der Waals surface area contributed by atoms with Gasteiger partial charge in [0.05, 0.1) is 19.8 Å². The summed E-state index contributed by atoms with van der Waals surface area (Å²) in [5, 5.41) is 6.78. The zero-order valence-electron chi connectivity index (χ0n) is 17.5. The van der Waals surface area contributed by atoms with E-state index in [0.29, 0.717) is 13.3 Å². The van der Waals surface area contributed by atoms with E-state index in [1.165, 1.54) is 16.8 Å². The maximum Gasteiger partial charge on any atom is 0.231 e. The van der Waals surface area contributed by atoms with E-state index in [-0.39, 0.29) is 0 Å². The third-order valence-electron chi connectivity index (χ3n) is 5.24. The third kappa shape index (κ3) is 5.16. The van der Waals surface area contributed by atoms with Gasteiger partial charge in [-0.2, -0.15) is 0 Å². The highest BCUT2D eigenvalue weighted by Crippen LogP contribution is 2.32. The topological polar surface area (TPSA) is 67.4 Å². The minimum atomic E-state index is 0.306. The van der Waals surface area contributed by atoms with Crippen LogP contribution in [-0.2, 0) is 17.7 Å². The van der Waals surface area contributed by atoms with Crippen molar-refractivity contribution in [2.75, 3.05) is 51.1 Å². The first-order valence-corrected chi connectivity index (χ1v) is 10.6. The molecule has 7 nitrogen and oxygen atoms in total. The minimum absolute atomic E-state index is 0.306. The molecule has 1 fully saturated rings. The van der Waals surface area contributed by atoms with Crippen LogP contribution in [0.25, 0.3) is 0 Å². The SMILES string of the molecule is CCNC(=NCc1ccccc1N1CCOCC1)NCCc1ccc2c(c1)OCO2. The minimum Gasteiger partial charge on any atom is -0.454 e. The van der Waals surface area contributed by atoms with Crippen LogP contribution in [0.3, 0.4) is 0 Å². The fraction of sp³-hybridized carbons (Fsp3) is 0.435. The Hall–Kier alpha value is -2.93. The van der Waals surface area contributed by atoms with Crippen LogP contribution in [0.4, 0.5) is 5.69 Å². The molecule has 4 rings (SSSR count). The van der Waals surface area contributed by atoms with E-state index in [2.05, 4.69) is 52.8 Å². The predicted molar refractivity (Wildman–Crippen MR) is 119 cm³/mol. The van der Waals surface area contributed by atoms with E-state index in [1.54, 1.807) is 0 Å². The van der Waals surface area contributed by atoms with Crippen LogP contribution < -0.4 is 25.0 Å². The second kappa shape index (κ2) is 10.2. The van der Waals surface area contributed by atoms with E-state index in [4.69, 9.17) is 19.2 Å². The quantitative estimate of drug-likeness (QED) is 0.540. The summed E-state index contributed by atoms with van der Waals surface area (Å²) in [6.45, 7) is 8.04. The number of aliphatic imine (C=N–C) groups is 1. The molecular formula is C23H30N4O3. The number of nitrogens with one attached hydrogen (secondary N) is 2. The molecule has 2 N–H and O–H groups in total. The van der Waals surface area contributed by atoms with Gasteiger partial charge in [0.1, 0.15) is 0 Å². The van der Waals surface area contributed by atoms with E-state index >= 15 is 0 Å². The van der Waals surface area contributed by atoms with E-state index in [1.807, 2.05) is 12.1 Å². The van der Waals surface area contributed by atoms with Crippen molar-refractivity contribution < 1.29 is 14.2 Å². The largest absolute Gasteiger partial charge is 0.454 e. The molecule has 30 heavy (non-hydrogen) atoms. The first-order chi connectivity index (χ1) is 14.8. The van der Waals surface area contributed by atoms with Crippen molar-refractivity contribution in [3.05, 3.63) is 53.6 Å². The summed E-state index contributed by atoms with van der Waals surface area (Å²) in [5.74, 6) is 2.48. The molecule has 0 aliphatic carbocycles. The zero-order valence-corrected chi connectivity index (χ0v) is 17.5. The number of benzene rings is 2. The molecule has 0 radical (unpaired) electrons. The number of ether oxygens (including phenoxy) is 3. The Morgan fingerprint density at radius 3 is 2.73 bits per heavy atom. The number of nitrogens with zero attached hydrogens (tertiary/aromatic N) is 2. The molecule has 2 aromatic carbocycles. The lowest BCUT2D eigenvalue weighted by Gasteiger charge is -2.30. The van der Waals surface area contributed by atoms with Crippen LogP contribution in [-0.4, -0.2) is 52.1 Å². The maximum atomic E-state index is 5.49. The highest BCUT2D eigenvalue weighted by molar-refractivity contribution is 5.79. The highest BCUT2D eigenvalue weighted by atomic mass is 16.7. The number of anilines is 1.